The minimum atomic E-state index is -0.595. The molecule has 0 aliphatic carbocycles. The van der Waals surface area contributed by atoms with Crippen LogP contribution in [0.2, 0.25) is 0 Å². The monoisotopic (exact) mass is 205 g/mol. The fourth-order valence-corrected chi connectivity index (χ4v) is 1.07. The Morgan fingerprint density at radius 3 is 2.80 bits per heavy atom. The fourth-order valence-electron chi connectivity index (χ4n) is 0.589. The molecule has 0 atom stereocenters. The van der Waals surface area contributed by atoms with Gasteiger partial charge in [0.15, 0.2) is 10.4 Å². The second-order valence-corrected chi connectivity index (χ2v) is 2.65. The van der Waals surface area contributed by atoms with Gasteiger partial charge in [-0.25, -0.2) is 4.98 Å². The first-order chi connectivity index (χ1) is 4.61. The van der Waals surface area contributed by atoms with E-state index in [1.807, 2.05) is 0 Å². The molecule has 0 spiro atoms. The Labute approximate surface area is 65.8 Å². The maximum Gasteiger partial charge on any atom is 0.214 e. The molecular formula is C6H5BrFNO. The van der Waals surface area contributed by atoms with Crippen molar-refractivity contribution in [3.05, 3.63) is 22.2 Å². The predicted molar refractivity (Wildman–Crippen MR) is 38.3 cm³/mol. The Hall–Kier alpha value is -0.640. The molecule has 10 heavy (non-hydrogen) atoms. The molecule has 0 bridgehead atoms. The third-order valence-corrected chi connectivity index (χ3v) is 1.66. The van der Waals surface area contributed by atoms with E-state index in [-0.39, 0.29) is 10.4 Å². The minimum absolute atomic E-state index is 0.0126. The largest absolute Gasteiger partial charge is 0.505 e. The first kappa shape index (κ1) is 7.47. The summed E-state index contributed by atoms with van der Waals surface area (Å²) in [5.74, 6) is -0.608. The summed E-state index contributed by atoms with van der Waals surface area (Å²) in [6, 6.07) is 1.17. The lowest BCUT2D eigenvalue weighted by atomic mass is 10.3. The van der Waals surface area contributed by atoms with Gasteiger partial charge in [0.25, 0.3) is 0 Å². The summed E-state index contributed by atoms with van der Waals surface area (Å²) in [5, 5.41) is 9.05. The van der Waals surface area contributed by atoms with E-state index in [4.69, 9.17) is 5.11 Å². The van der Waals surface area contributed by atoms with E-state index < -0.39 is 5.95 Å². The van der Waals surface area contributed by atoms with Crippen LogP contribution in [0.1, 0.15) is 5.56 Å². The zero-order valence-electron chi connectivity index (χ0n) is 5.23. The number of aryl methyl sites for hydroxylation is 1. The lowest BCUT2D eigenvalue weighted by Crippen LogP contribution is -1.86. The van der Waals surface area contributed by atoms with E-state index in [2.05, 4.69) is 20.9 Å². The molecule has 1 aromatic heterocycles. The number of aromatic hydroxyl groups is 1. The van der Waals surface area contributed by atoms with E-state index in [1.165, 1.54) is 6.07 Å². The first-order valence-electron chi connectivity index (χ1n) is 2.63. The van der Waals surface area contributed by atoms with Crippen molar-refractivity contribution in [3.8, 4) is 5.75 Å². The van der Waals surface area contributed by atoms with Gasteiger partial charge >= 0.3 is 0 Å². The lowest BCUT2D eigenvalue weighted by Gasteiger charge is -1.98. The number of rotatable bonds is 0. The SMILES string of the molecule is Cc1cc(F)nc(Br)c1O. The van der Waals surface area contributed by atoms with Gasteiger partial charge in [0, 0.05) is 0 Å². The van der Waals surface area contributed by atoms with E-state index in [0.717, 1.165) is 0 Å². The maximum absolute atomic E-state index is 12.4. The Kier molecular flexibility index (Phi) is 1.89. The molecule has 0 radical (unpaired) electrons. The van der Waals surface area contributed by atoms with Crippen molar-refractivity contribution < 1.29 is 9.50 Å². The second kappa shape index (κ2) is 2.54. The fraction of sp³-hybridized carbons (Fsp3) is 0.167. The Balaban J connectivity index is 3.31. The number of halogens is 2. The molecule has 0 fully saturated rings. The Morgan fingerprint density at radius 1 is 1.70 bits per heavy atom. The number of pyridine rings is 1. The molecule has 0 aromatic carbocycles. The summed E-state index contributed by atoms with van der Waals surface area (Å²) in [4.78, 5) is 3.33. The highest BCUT2D eigenvalue weighted by Crippen LogP contribution is 2.24. The summed E-state index contributed by atoms with van der Waals surface area (Å²) in [7, 11) is 0. The van der Waals surface area contributed by atoms with Gasteiger partial charge in [0.1, 0.15) is 0 Å². The molecule has 0 aliphatic rings. The van der Waals surface area contributed by atoms with Crippen molar-refractivity contribution >= 4 is 15.9 Å². The Bertz CT molecular complexity index is 241. The van der Waals surface area contributed by atoms with Crippen LogP contribution in [0.5, 0.6) is 5.75 Å². The highest BCUT2D eigenvalue weighted by molar-refractivity contribution is 9.10. The number of hydrogen-bond donors (Lipinski definition) is 1. The molecule has 54 valence electrons. The van der Waals surface area contributed by atoms with Crippen molar-refractivity contribution in [1.29, 1.82) is 0 Å². The molecule has 0 amide bonds. The van der Waals surface area contributed by atoms with Gasteiger partial charge in [-0.3, -0.25) is 0 Å². The van der Waals surface area contributed by atoms with E-state index in [1.54, 1.807) is 6.92 Å². The average molecular weight is 206 g/mol. The van der Waals surface area contributed by atoms with Crippen LogP contribution in [0.3, 0.4) is 0 Å². The van der Waals surface area contributed by atoms with Crippen molar-refractivity contribution in [2.45, 2.75) is 6.92 Å². The third-order valence-electron chi connectivity index (χ3n) is 1.11. The van der Waals surface area contributed by atoms with Gasteiger partial charge in [0.2, 0.25) is 5.95 Å². The quantitative estimate of drug-likeness (QED) is 0.658. The van der Waals surface area contributed by atoms with Crippen LogP contribution in [0, 0.1) is 12.9 Å². The molecule has 1 aromatic rings. The standard InChI is InChI=1S/C6H5BrFNO/c1-3-2-4(8)9-6(7)5(3)10/h2,10H,1H3. The average Bonchev–Trinajstić information content (AvgIpc) is 1.82. The minimum Gasteiger partial charge on any atom is -0.505 e. The van der Waals surface area contributed by atoms with Crippen LogP contribution < -0.4 is 0 Å². The zero-order chi connectivity index (χ0) is 7.72. The van der Waals surface area contributed by atoms with Crippen LogP contribution in [-0.2, 0) is 0 Å². The highest BCUT2D eigenvalue weighted by atomic mass is 79.9. The lowest BCUT2D eigenvalue weighted by molar-refractivity contribution is 0.457. The summed E-state index contributed by atoms with van der Waals surface area (Å²) < 4.78 is 12.5. The van der Waals surface area contributed by atoms with Crippen molar-refractivity contribution in [1.82, 2.24) is 4.98 Å². The molecule has 1 N–H and O–H groups in total. The van der Waals surface area contributed by atoms with E-state index in [9.17, 15) is 4.39 Å². The van der Waals surface area contributed by atoms with Crippen molar-refractivity contribution in [3.63, 3.8) is 0 Å². The molecule has 4 heteroatoms. The number of hydrogen-bond acceptors (Lipinski definition) is 2. The molecule has 2 nitrogen and oxygen atoms in total. The van der Waals surface area contributed by atoms with Gasteiger partial charge in [-0.05, 0) is 34.5 Å². The smallest absolute Gasteiger partial charge is 0.214 e. The normalized spacial score (nSPS) is 9.90. The van der Waals surface area contributed by atoms with Crippen molar-refractivity contribution in [2.75, 3.05) is 0 Å². The zero-order valence-corrected chi connectivity index (χ0v) is 6.81. The summed E-state index contributed by atoms with van der Waals surface area (Å²) >= 11 is 2.90. The molecular weight excluding hydrogens is 201 g/mol. The summed E-state index contributed by atoms with van der Waals surface area (Å²) in [6.07, 6.45) is 0. The van der Waals surface area contributed by atoms with Gasteiger partial charge < -0.3 is 5.11 Å². The van der Waals surface area contributed by atoms with Crippen LogP contribution in [0.25, 0.3) is 0 Å². The highest BCUT2D eigenvalue weighted by Gasteiger charge is 2.04. The molecule has 0 saturated heterocycles. The Morgan fingerprint density at radius 2 is 2.30 bits per heavy atom. The molecule has 0 aliphatic heterocycles. The van der Waals surface area contributed by atoms with Crippen molar-refractivity contribution in [2.24, 2.45) is 0 Å². The first-order valence-corrected chi connectivity index (χ1v) is 3.42. The molecule has 0 unspecified atom stereocenters. The van der Waals surface area contributed by atoms with E-state index in [0.29, 0.717) is 5.56 Å². The van der Waals surface area contributed by atoms with Gasteiger partial charge in [-0.1, -0.05) is 0 Å². The summed E-state index contributed by atoms with van der Waals surface area (Å²) in [5.41, 5.74) is 0.472. The van der Waals surface area contributed by atoms with Gasteiger partial charge in [0.05, 0.1) is 0 Å². The van der Waals surface area contributed by atoms with Gasteiger partial charge in [-0.2, -0.15) is 4.39 Å². The molecule has 0 saturated carbocycles. The number of nitrogens with zero attached hydrogens (tertiary/aromatic N) is 1. The van der Waals surface area contributed by atoms with Crippen LogP contribution >= 0.6 is 15.9 Å². The number of aromatic nitrogens is 1. The molecule has 1 heterocycles. The van der Waals surface area contributed by atoms with E-state index >= 15 is 0 Å². The topological polar surface area (TPSA) is 33.1 Å². The predicted octanol–water partition coefficient (Wildman–Crippen LogP) is 2.00. The van der Waals surface area contributed by atoms with Crippen LogP contribution in [-0.4, -0.2) is 10.1 Å². The molecule has 1 rings (SSSR count). The second-order valence-electron chi connectivity index (χ2n) is 1.90. The third kappa shape index (κ3) is 1.26. The maximum atomic E-state index is 12.4. The summed E-state index contributed by atoms with van der Waals surface area (Å²) in [6.45, 7) is 1.60. The van der Waals surface area contributed by atoms with Crippen LogP contribution in [0.15, 0.2) is 10.7 Å². The van der Waals surface area contributed by atoms with Crippen LogP contribution in [0.4, 0.5) is 4.39 Å². The van der Waals surface area contributed by atoms with Gasteiger partial charge in [-0.15, -0.1) is 0 Å².